The predicted molar refractivity (Wildman–Crippen MR) is 54.5 cm³/mol. The number of carbonyl (C=O) groups excluding carboxylic acids is 1. The fraction of sp³-hybridized carbons (Fsp3) is 0.500. The van der Waals surface area contributed by atoms with E-state index >= 15 is 0 Å². The van der Waals surface area contributed by atoms with E-state index in [9.17, 15) is 4.79 Å². The van der Waals surface area contributed by atoms with Gasteiger partial charge in [0.15, 0.2) is 0 Å². The van der Waals surface area contributed by atoms with Crippen LogP contribution in [0.2, 0.25) is 0 Å². The number of aryl methyl sites for hydroxylation is 1. The van der Waals surface area contributed by atoms with E-state index in [-0.39, 0.29) is 5.91 Å². The standard InChI is InChI=1S/C10H12N4O/c1-6-12-5-7-4-10(14-8(7)13-6)2-3-11-9(10)15/h5H,2-4H2,1H3,(H,11,15)(H,12,13,14). The van der Waals surface area contributed by atoms with Crippen LogP contribution in [0.15, 0.2) is 6.20 Å². The number of hydrogen-bond donors (Lipinski definition) is 2. The van der Waals surface area contributed by atoms with Crippen LogP contribution in [0, 0.1) is 6.92 Å². The summed E-state index contributed by atoms with van der Waals surface area (Å²) in [6.45, 7) is 2.59. The van der Waals surface area contributed by atoms with Gasteiger partial charge in [-0.15, -0.1) is 0 Å². The highest BCUT2D eigenvalue weighted by Crippen LogP contribution is 2.34. The average Bonchev–Trinajstić information content (AvgIpc) is 2.71. The van der Waals surface area contributed by atoms with Crippen LogP contribution in [0.5, 0.6) is 0 Å². The third-order valence-corrected chi connectivity index (χ3v) is 3.11. The Balaban J connectivity index is 2.01. The summed E-state index contributed by atoms with van der Waals surface area (Å²) >= 11 is 0. The molecule has 5 nitrogen and oxygen atoms in total. The summed E-state index contributed by atoms with van der Waals surface area (Å²) in [6.07, 6.45) is 3.33. The number of anilines is 1. The molecule has 1 spiro atoms. The Kier molecular flexibility index (Phi) is 1.55. The number of aromatic nitrogens is 2. The molecule has 5 heteroatoms. The summed E-state index contributed by atoms with van der Waals surface area (Å²) < 4.78 is 0. The zero-order valence-corrected chi connectivity index (χ0v) is 8.50. The van der Waals surface area contributed by atoms with Crippen molar-refractivity contribution in [2.75, 3.05) is 11.9 Å². The van der Waals surface area contributed by atoms with E-state index < -0.39 is 5.54 Å². The highest BCUT2D eigenvalue weighted by Gasteiger charge is 2.47. The van der Waals surface area contributed by atoms with E-state index in [4.69, 9.17) is 0 Å². The Morgan fingerprint density at radius 2 is 2.40 bits per heavy atom. The number of nitrogens with zero attached hydrogens (tertiary/aromatic N) is 2. The van der Waals surface area contributed by atoms with Crippen molar-refractivity contribution in [2.45, 2.75) is 25.3 Å². The first-order valence-electron chi connectivity index (χ1n) is 5.09. The number of amides is 1. The van der Waals surface area contributed by atoms with Gasteiger partial charge in [0.2, 0.25) is 5.91 Å². The summed E-state index contributed by atoms with van der Waals surface area (Å²) in [5, 5.41) is 6.09. The first kappa shape index (κ1) is 8.64. The van der Waals surface area contributed by atoms with Gasteiger partial charge in [-0.25, -0.2) is 9.97 Å². The molecule has 2 aliphatic rings. The molecule has 1 aromatic rings. The Labute approximate surface area is 87.3 Å². The first-order chi connectivity index (χ1) is 7.20. The topological polar surface area (TPSA) is 66.9 Å². The lowest BCUT2D eigenvalue weighted by molar-refractivity contribution is -0.122. The number of nitrogens with one attached hydrogen (secondary N) is 2. The molecule has 78 valence electrons. The lowest BCUT2D eigenvalue weighted by atomic mass is 9.94. The highest BCUT2D eigenvalue weighted by atomic mass is 16.2. The maximum atomic E-state index is 11.7. The second-order valence-electron chi connectivity index (χ2n) is 4.18. The number of hydrogen-bond acceptors (Lipinski definition) is 4. The summed E-state index contributed by atoms with van der Waals surface area (Å²) in [5.74, 6) is 1.63. The van der Waals surface area contributed by atoms with Crippen molar-refractivity contribution in [3.63, 3.8) is 0 Å². The normalized spacial score (nSPS) is 27.7. The quantitative estimate of drug-likeness (QED) is 0.625. The van der Waals surface area contributed by atoms with Crippen molar-refractivity contribution in [1.29, 1.82) is 0 Å². The van der Waals surface area contributed by atoms with Gasteiger partial charge in [-0.2, -0.15) is 0 Å². The number of rotatable bonds is 0. The third kappa shape index (κ3) is 1.12. The molecular weight excluding hydrogens is 192 g/mol. The molecule has 1 saturated heterocycles. The van der Waals surface area contributed by atoms with E-state index in [0.717, 1.165) is 30.2 Å². The van der Waals surface area contributed by atoms with Gasteiger partial charge in [-0.3, -0.25) is 4.79 Å². The fourth-order valence-electron chi connectivity index (χ4n) is 2.29. The maximum Gasteiger partial charge on any atom is 0.246 e. The Bertz CT molecular complexity index is 445. The maximum absolute atomic E-state index is 11.7. The predicted octanol–water partition coefficient (Wildman–Crippen LogP) is 0.0117. The van der Waals surface area contributed by atoms with Gasteiger partial charge in [0.05, 0.1) is 0 Å². The molecule has 0 aliphatic carbocycles. The molecule has 0 radical (unpaired) electrons. The van der Waals surface area contributed by atoms with Crippen molar-refractivity contribution >= 4 is 11.7 Å². The number of fused-ring (bicyclic) bond motifs is 1. The SMILES string of the molecule is Cc1ncc2c(n1)NC1(CCNC1=O)C2. The van der Waals surface area contributed by atoms with Crippen LogP contribution >= 0.6 is 0 Å². The lowest BCUT2D eigenvalue weighted by Gasteiger charge is -2.19. The molecule has 1 unspecified atom stereocenters. The van der Waals surface area contributed by atoms with Crippen molar-refractivity contribution in [3.05, 3.63) is 17.6 Å². The van der Waals surface area contributed by atoms with E-state index in [1.54, 1.807) is 0 Å². The molecular formula is C10H12N4O. The second kappa shape index (κ2) is 2.68. The molecule has 2 N–H and O–H groups in total. The first-order valence-corrected chi connectivity index (χ1v) is 5.09. The Morgan fingerprint density at radius 3 is 3.13 bits per heavy atom. The summed E-state index contributed by atoms with van der Waals surface area (Å²) in [5.41, 5.74) is 0.586. The largest absolute Gasteiger partial charge is 0.355 e. The van der Waals surface area contributed by atoms with Gasteiger partial charge in [-0.05, 0) is 13.3 Å². The van der Waals surface area contributed by atoms with E-state index in [1.807, 2.05) is 13.1 Å². The van der Waals surface area contributed by atoms with Gasteiger partial charge in [0, 0.05) is 24.7 Å². The average molecular weight is 204 g/mol. The molecule has 1 amide bonds. The smallest absolute Gasteiger partial charge is 0.246 e. The van der Waals surface area contributed by atoms with Crippen molar-refractivity contribution in [3.8, 4) is 0 Å². The van der Waals surface area contributed by atoms with E-state index in [0.29, 0.717) is 6.42 Å². The van der Waals surface area contributed by atoms with Gasteiger partial charge in [0.1, 0.15) is 17.2 Å². The van der Waals surface area contributed by atoms with Crippen LogP contribution in [-0.2, 0) is 11.2 Å². The van der Waals surface area contributed by atoms with Gasteiger partial charge in [-0.1, -0.05) is 0 Å². The molecule has 2 aliphatic heterocycles. The monoisotopic (exact) mass is 204 g/mol. The minimum atomic E-state index is -0.454. The van der Waals surface area contributed by atoms with Crippen molar-refractivity contribution in [1.82, 2.24) is 15.3 Å². The molecule has 3 rings (SSSR count). The van der Waals surface area contributed by atoms with Crippen LogP contribution in [0.25, 0.3) is 0 Å². The van der Waals surface area contributed by atoms with Gasteiger partial charge in [0.25, 0.3) is 0 Å². The van der Waals surface area contributed by atoms with Crippen LogP contribution < -0.4 is 10.6 Å². The third-order valence-electron chi connectivity index (χ3n) is 3.11. The highest BCUT2D eigenvalue weighted by molar-refractivity contribution is 5.93. The van der Waals surface area contributed by atoms with Gasteiger partial charge < -0.3 is 10.6 Å². The molecule has 1 fully saturated rings. The lowest BCUT2D eigenvalue weighted by Crippen LogP contribution is -2.43. The number of carbonyl (C=O) groups is 1. The summed E-state index contributed by atoms with van der Waals surface area (Å²) in [7, 11) is 0. The van der Waals surface area contributed by atoms with E-state index in [2.05, 4.69) is 20.6 Å². The van der Waals surface area contributed by atoms with Crippen LogP contribution in [0.1, 0.15) is 17.8 Å². The molecule has 1 aromatic heterocycles. The summed E-state index contributed by atoms with van der Waals surface area (Å²) in [4.78, 5) is 20.2. The Hall–Kier alpha value is -1.65. The zero-order valence-electron chi connectivity index (χ0n) is 8.50. The van der Waals surface area contributed by atoms with Crippen LogP contribution in [-0.4, -0.2) is 28.0 Å². The Morgan fingerprint density at radius 1 is 1.53 bits per heavy atom. The van der Waals surface area contributed by atoms with Gasteiger partial charge >= 0.3 is 0 Å². The second-order valence-corrected chi connectivity index (χ2v) is 4.18. The molecule has 0 bridgehead atoms. The molecule has 1 atom stereocenters. The van der Waals surface area contributed by atoms with E-state index in [1.165, 1.54) is 0 Å². The van der Waals surface area contributed by atoms with Crippen molar-refractivity contribution in [2.24, 2.45) is 0 Å². The fourth-order valence-corrected chi connectivity index (χ4v) is 2.29. The minimum absolute atomic E-state index is 0.0816. The molecule has 3 heterocycles. The van der Waals surface area contributed by atoms with Crippen LogP contribution in [0.3, 0.4) is 0 Å². The molecule has 15 heavy (non-hydrogen) atoms. The molecule has 0 saturated carbocycles. The summed E-state index contributed by atoms with van der Waals surface area (Å²) in [6, 6.07) is 0. The van der Waals surface area contributed by atoms with Crippen molar-refractivity contribution < 1.29 is 4.79 Å². The molecule has 0 aromatic carbocycles. The minimum Gasteiger partial charge on any atom is -0.355 e. The zero-order chi connectivity index (χ0) is 10.5. The van der Waals surface area contributed by atoms with Crippen LogP contribution in [0.4, 0.5) is 5.82 Å².